The summed E-state index contributed by atoms with van der Waals surface area (Å²) in [5.74, 6) is 1.74. The Morgan fingerprint density at radius 3 is 2.85 bits per heavy atom. The van der Waals surface area contributed by atoms with E-state index >= 15 is 0 Å². The number of anilines is 1. The van der Waals surface area contributed by atoms with E-state index in [2.05, 4.69) is 10.6 Å². The molecule has 1 atom stereocenters. The Balaban J connectivity index is 1.87. The molecule has 2 aliphatic rings. The van der Waals surface area contributed by atoms with Crippen LogP contribution in [0.2, 0.25) is 0 Å². The number of hydrogen-bond acceptors (Lipinski definition) is 7. The number of nitrogens with one attached hydrogen (secondary N) is 2. The lowest BCUT2D eigenvalue weighted by molar-refractivity contribution is -0.384. The first-order chi connectivity index (χ1) is 9.65. The zero-order valence-electron chi connectivity index (χ0n) is 10.3. The largest absolute Gasteiger partial charge is 0.454 e. The molecule has 1 fully saturated rings. The molecule has 1 aromatic carbocycles. The first-order valence-electron chi connectivity index (χ1n) is 5.85. The van der Waals surface area contributed by atoms with E-state index in [1.807, 2.05) is 0 Å². The number of fused-ring (bicyclic) bond motifs is 1. The average Bonchev–Trinajstić information content (AvgIpc) is 3.08. The third-order valence-electron chi connectivity index (χ3n) is 2.98. The highest BCUT2D eigenvalue weighted by molar-refractivity contribution is 7.99. The highest BCUT2D eigenvalue weighted by Gasteiger charge is 2.28. The second-order valence-electron chi connectivity index (χ2n) is 4.24. The van der Waals surface area contributed by atoms with Crippen molar-refractivity contribution in [1.29, 1.82) is 0 Å². The van der Waals surface area contributed by atoms with Crippen molar-refractivity contribution in [3.05, 3.63) is 22.2 Å². The first-order valence-corrected chi connectivity index (χ1v) is 7.00. The standard InChI is InChI=1S/C11H11N3O5S/c15-11(7-3-20-4-12-7)13-6-1-9-10(19-5-18-9)2-8(6)14(16)17/h1-2,7,12H,3-5H2,(H,13,15). The van der Waals surface area contributed by atoms with Crippen LogP contribution in [0.4, 0.5) is 11.4 Å². The molecule has 0 spiro atoms. The van der Waals surface area contributed by atoms with Gasteiger partial charge in [0, 0.05) is 17.7 Å². The van der Waals surface area contributed by atoms with Crippen molar-refractivity contribution < 1.29 is 19.2 Å². The number of amides is 1. The average molecular weight is 297 g/mol. The predicted octanol–water partition coefficient (Wildman–Crippen LogP) is 0.925. The third-order valence-corrected chi connectivity index (χ3v) is 3.92. The maximum absolute atomic E-state index is 12.0. The summed E-state index contributed by atoms with van der Waals surface area (Å²) < 4.78 is 10.3. The minimum Gasteiger partial charge on any atom is -0.454 e. The van der Waals surface area contributed by atoms with Gasteiger partial charge in [-0.05, 0) is 0 Å². The zero-order valence-corrected chi connectivity index (χ0v) is 11.1. The Morgan fingerprint density at radius 1 is 1.45 bits per heavy atom. The van der Waals surface area contributed by atoms with E-state index in [9.17, 15) is 14.9 Å². The molecule has 20 heavy (non-hydrogen) atoms. The van der Waals surface area contributed by atoms with Gasteiger partial charge >= 0.3 is 0 Å². The maximum Gasteiger partial charge on any atom is 0.296 e. The minimum absolute atomic E-state index is 0.0186. The molecule has 1 amide bonds. The van der Waals surface area contributed by atoms with Gasteiger partial charge in [-0.25, -0.2) is 0 Å². The molecule has 0 aromatic heterocycles. The van der Waals surface area contributed by atoms with Crippen molar-refractivity contribution in [2.75, 3.05) is 23.7 Å². The van der Waals surface area contributed by atoms with Crippen LogP contribution in [-0.4, -0.2) is 35.3 Å². The van der Waals surface area contributed by atoms with Gasteiger partial charge in [-0.1, -0.05) is 0 Å². The van der Waals surface area contributed by atoms with Crippen molar-refractivity contribution in [3.8, 4) is 11.5 Å². The number of nitro groups is 1. The zero-order chi connectivity index (χ0) is 14.1. The molecule has 0 bridgehead atoms. The summed E-state index contributed by atoms with van der Waals surface area (Å²) in [4.78, 5) is 22.5. The summed E-state index contributed by atoms with van der Waals surface area (Å²) >= 11 is 1.60. The number of thioether (sulfide) groups is 1. The summed E-state index contributed by atoms with van der Waals surface area (Å²) in [7, 11) is 0. The number of benzene rings is 1. The van der Waals surface area contributed by atoms with Gasteiger partial charge in [-0.15, -0.1) is 11.8 Å². The van der Waals surface area contributed by atoms with E-state index in [0.717, 1.165) is 0 Å². The fraction of sp³-hybridized carbons (Fsp3) is 0.364. The minimum atomic E-state index is -0.561. The van der Waals surface area contributed by atoms with Crippen molar-refractivity contribution in [2.24, 2.45) is 0 Å². The van der Waals surface area contributed by atoms with Crippen LogP contribution in [-0.2, 0) is 4.79 Å². The normalized spacial score (nSPS) is 19.9. The van der Waals surface area contributed by atoms with E-state index < -0.39 is 4.92 Å². The molecule has 0 radical (unpaired) electrons. The van der Waals surface area contributed by atoms with Crippen LogP contribution in [0.5, 0.6) is 11.5 Å². The Morgan fingerprint density at radius 2 is 2.20 bits per heavy atom. The summed E-state index contributed by atoms with van der Waals surface area (Å²) in [5, 5.41) is 16.6. The maximum atomic E-state index is 12.0. The molecular formula is C11H11N3O5S. The lowest BCUT2D eigenvalue weighted by atomic mass is 10.2. The molecule has 1 aromatic rings. The Labute approximate surface area is 118 Å². The van der Waals surface area contributed by atoms with Crippen LogP contribution in [0.3, 0.4) is 0 Å². The van der Waals surface area contributed by atoms with Gasteiger partial charge < -0.3 is 14.8 Å². The summed E-state index contributed by atoms with van der Waals surface area (Å²) in [6.45, 7) is 0.0186. The quantitative estimate of drug-likeness (QED) is 0.631. The van der Waals surface area contributed by atoms with Crippen LogP contribution >= 0.6 is 11.8 Å². The Hall–Kier alpha value is -2.00. The Bertz CT molecular complexity index is 573. The van der Waals surface area contributed by atoms with Crippen molar-refractivity contribution >= 4 is 29.0 Å². The van der Waals surface area contributed by atoms with Gasteiger partial charge in [-0.2, -0.15) is 0 Å². The molecule has 9 heteroatoms. The van der Waals surface area contributed by atoms with Gasteiger partial charge in [0.1, 0.15) is 5.69 Å². The van der Waals surface area contributed by atoms with Crippen LogP contribution in [0.1, 0.15) is 0 Å². The molecule has 0 saturated carbocycles. The second-order valence-corrected chi connectivity index (χ2v) is 5.27. The van der Waals surface area contributed by atoms with Gasteiger partial charge in [0.25, 0.3) is 5.69 Å². The van der Waals surface area contributed by atoms with Crippen LogP contribution in [0, 0.1) is 10.1 Å². The van der Waals surface area contributed by atoms with Gasteiger partial charge in [0.05, 0.1) is 17.0 Å². The van der Waals surface area contributed by atoms with E-state index in [1.54, 1.807) is 11.8 Å². The SMILES string of the molecule is O=C(Nc1cc2c(cc1[N+](=O)[O-])OCO2)C1CSCN1. The molecular weight excluding hydrogens is 286 g/mol. The van der Waals surface area contributed by atoms with Crippen LogP contribution in [0.25, 0.3) is 0 Å². The smallest absolute Gasteiger partial charge is 0.296 e. The number of hydrogen-bond donors (Lipinski definition) is 2. The highest BCUT2D eigenvalue weighted by atomic mass is 32.2. The van der Waals surface area contributed by atoms with E-state index in [0.29, 0.717) is 23.1 Å². The van der Waals surface area contributed by atoms with Gasteiger partial charge in [0.15, 0.2) is 11.5 Å². The molecule has 3 rings (SSSR count). The molecule has 2 N–H and O–H groups in total. The van der Waals surface area contributed by atoms with Crippen LogP contribution in [0.15, 0.2) is 12.1 Å². The second kappa shape index (κ2) is 5.17. The van der Waals surface area contributed by atoms with E-state index in [1.165, 1.54) is 12.1 Å². The van der Waals surface area contributed by atoms with E-state index in [4.69, 9.17) is 9.47 Å². The number of ether oxygens (including phenoxy) is 2. The molecule has 1 unspecified atom stereocenters. The van der Waals surface area contributed by atoms with Gasteiger partial charge in [-0.3, -0.25) is 20.2 Å². The molecule has 8 nitrogen and oxygen atoms in total. The molecule has 0 aliphatic carbocycles. The van der Waals surface area contributed by atoms with Crippen molar-refractivity contribution in [3.63, 3.8) is 0 Å². The molecule has 1 saturated heterocycles. The van der Waals surface area contributed by atoms with E-state index in [-0.39, 0.29) is 30.1 Å². The molecule has 106 valence electrons. The summed E-state index contributed by atoms with van der Waals surface area (Å²) in [5.41, 5.74) is -0.101. The molecule has 2 aliphatic heterocycles. The number of carbonyl (C=O) groups excluding carboxylic acids is 1. The predicted molar refractivity (Wildman–Crippen MR) is 72.1 cm³/mol. The van der Waals surface area contributed by atoms with Crippen LogP contribution < -0.4 is 20.1 Å². The van der Waals surface area contributed by atoms with Crippen molar-refractivity contribution in [2.45, 2.75) is 6.04 Å². The summed E-state index contributed by atoms with van der Waals surface area (Å²) in [6.07, 6.45) is 0. The number of carbonyl (C=O) groups is 1. The molecule has 2 heterocycles. The lowest BCUT2D eigenvalue weighted by Gasteiger charge is -2.11. The fourth-order valence-corrected chi connectivity index (χ4v) is 2.91. The van der Waals surface area contributed by atoms with Gasteiger partial charge in [0.2, 0.25) is 12.7 Å². The lowest BCUT2D eigenvalue weighted by Crippen LogP contribution is -2.37. The number of nitrogens with zero attached hydrogens (tertiary/aromatic N) is 1. The Kier molecular flexibility index (Phi) is 3.36. The monoisotopic (exact) mass is 297 g/mol. The number of nitro benzene ring substituents is 1. The number of rotatable bonds is 3. The highest BCUT2D eigenvalue weighted by Crippen LogP contribution is 2.40. The third kappa shape index (κ3) is 2.37. The fourth-order valence-electron chi connectivity index (χ4n) is 1.97. The van der Waals surface area contributed by atoms with Crippen molar-refractivity contribution in [1.82, 2.24) is 5.32 Å². The topological polar surface area (TPSA) is 103 Å². The summed E-state index contributed by atoms with van der Waals surface area (Å²) in [6, 6.07) is 2.33. The first kappa shape index (κ1) is 13.0.